The van der Waals surface area contributed by atoms with E-state index in [9.17, 15) is 8.42 Å². The quantitative estimate of drug-likeness (QED) is 0.804. The van der Waals surface area contributed by atoms with Crippen LogP contribution in [0.1, 0.15) is 44.6 Å². The minimum absolute atomic E-state index is 0.0338. The fourth-order valence-corrected chi connectivity index (χ4v) is 4.51. The summed E-state index contributed by atoms with van der Waals surface area (Å²) in [6.07, 6.45) is 8.37. The van der Waals surface area contributed by atoms with E-state index >= 15 is 0 Å². The van der Waals surface area contributed by atoms with Crippen LogP contribution in [-0.4, -0.2) is 30.5 Å². The third-order valence-electron chi connectivity index (χ3n) is 4.58. The zero-order chi connectivity index (χ0) is 18.4. The second kappa shape index (κ2) is 8.60. The number of sulfonamides is 1. The van der Waals surface area contributed by atoms with Crippen molar-refractivity contribution in [2.24, 2.45) is 0 Å². The molecule has 1 fully saturated rings. The molecule has 3 rings (SSSR count). The molecule has 2 aromatic rings. The molecule has 1 aliphatic carbocycles. The highest BCUT2D eigenvalue weighted by Crippen LogP contribution is 2.23. The normalized spacial score (nSPS) is 20.7. The zero-order valence-corrected chi connectivity index (χ0v) is 15.8. The summed E-state index contributed by atoms with van der Waals surface area (Å²) in [6, 6.07) is 9.22. The Kier molecular flexibility index (Phi) is 6.21. The van der Waals surface area contributed by atoms with Gasteiger partial charge in [0.2, 0.25) is 10.0 Å². The van der Waals surface area contributed by atoms with Crippen molar-refractivity contribution in [1.82, 2.24) is 14.7 Å². The van der Waals surface area contributed by atoms with Crippen LogP contribution < -0.4 is 9.46 Å². The molecular formula is C19H25N3O3S. The van der Waals surface area contributed by atoms with Gasteiger partial charge in [-0.25, -0.2) is 23.1 Å². The maximum Gasteiger partial charge on any atom is 0.316 e. The average molecular weight is 375 g/mol. The van der Waals surface area contributed by atoms with Crippen LogP contribution in [0.5, 0.6) is 6.01 Å². The highest BCUT2D eigenvalue weighted by atomic mass is 32.2. The van der Waals surface area contributed by atoms with Gasteiger partial charge in [-0.3, -0.25) is 0 Å². The van der Waals surface area contributed by atoms with E-state index in [1.165, 1.54) is 0 Å². The molecule has 0 aliphatic heterocycles. The third-order valence-corrected chi connectivity index (χ3v) is 6.12. The van der Waals surface area contributed by atoms with Gasteiger partial charge in [0.05, 0.1) is 4.90 Å². The molecule has 140 valence electrons. The summed E-state index contributed by atoms with van der Waals surface area (Å²) in [5.74, 6) is 0. The molecule has 0 amide bonds. The molecule has 0 saturated heterocycles. The van der Waals surface area contributed by atoms with Crippen LogP contribution in [0.15, 0.2) is 47.6 Å². The summed E-state index contributed by atoms with van der Waals surface area (Å²) in [6.45, 7) is 2.11. The van der Waals surface area contributed by atoms with Crippen molar-refractivity contribution in [3.63, 3.8) is 0 Å². The van der Waals surface area contributed by atoms with Gasteiger partial charge < -0.3 is 4.74 Å². The first kappa shape index (κ1) is 18.8. The van der Waals surface area contributed by atoms with Crippen LogP contribution in [0, 0.1) is 0 Å². The Morgan fingerprint density at radius 2 is 1.73 bits per heavy atom. The highest BCUT2D eigenvalue weighted by Gasteiger charge is 2.27. The standard InChI is InChI=1S/C19H25N3O3S/c1-2-4-15-5-11-18(12-6-15)26(23,24)22-16-7-9-17(10-8-16)25-19-20-13-3-14-21-19/h3,5-6,11-14,16-17,22H,2,4,7-10H2,1H3. The first-order chi connectivity index (χ1) is 12.6. The molecule has 6 nitrogen and oxygen atoms in total. The average Bonchev–Trinajstić information content (AvgIpc) is 2.65. The Bertz CT molecular complexity index is 787. The maximum atomic E-state index is 12.6. The second-order valence-corrected chi connectivity index (χ2v) is 8.35. The number of aromatic nitrogens is 2. The largest absolute Gasteiger partial charge is 0.460 e. The van der Waals surface area contributed by atoms with Crippen molar-refractivity contribution >= 4 is 10.0 Å². The lowest BCUT2D eigenvalue weighted by Crippen LogP contribution is -2.39. The third kappa shape index (κ3) is 5.02. The molecule has 0 spiro atoms. The zero-order valence-electron chi connectivity index (χ0n) is 15.0. The van der Waals surface area contributed by atoms with Crippen LogP contribution in [0.25, 0.3) is 0 Å². The summed E-state index contributed by atoms with van der Waals surface area (Å²) in [5, 5.41) is 0. The highest BCUT2D eigenvalue weighted by molar-refractivity contribution is 7.89. The van der Waals surface area contributed by atoms with Crippen LogP contribution in [-0.2, 0) is 16.4 Å². The molecule has 7 heteroatoms. The van der Waals surface area contributed by atoms with Crippen molar-refractivity contribution in [1.29, 1.82) is 0 Å². The van der Waals surface area contributed by atoms with Crippen LogP contribution in [0.3, 0.4) is 0 Å². The Morgan fingerprint density at radius 3 is 2.35 bits per heavy atom. The Balaban J connectivity index is 1.53. The van der Waals surface area contributed by atoms with E-state index in [0.29, 0.717) is 10.9 Å². The van der Waals surface area contributed by atoms with Gasteiger partial charge in [0.15, 0.2) is 0 Å². The number of rotatable bonds is 7. The minimum Gasteiger partial charge on any atom is -0.460 e. The Labute approximate surface area is 155 Å². The lowest BCUT2D eigenvalue weighted by Gasteiger charge is -2.28. The van der Waals surface area contributed by atoms with Crippen LogP contribution in [0.4, 0.5) is 0 Å². The van der Waals surface area contributed by atoms with Crippen molar-refractivity contribution in [3.8, 4) is 6.01 Å². The van der Waals surface area contributed by atoms with Gasteiger partial charge >= 0.3 is 6.01 Å². The molecular weight excluding hydrogens is 350 g/mol. The Morgan fingerprint density at radius 1 is 1.08 bits per heavy atom. The summed E-state index contributed by atoms with van der Waals surface area (Å²) in [7, 11) is -3.48. The van der Waals surface area contributed by atoms with Gasteiger partial charge in [0.1, 0.15) is 6.10 Å². The predicted molar refractivity (Wildman–Crippen MR) is 99.5 cm³/mol. The van der Waals surface area contributed by atoms with E-state index in [1.807, 2.05) is 12.1 Å². The first-order valence-corrected chi connectivity index (χ1v) is 10.6. The number of hydrogen-bond acceptors (Lipinski definition) is 5. The van der Waals surface area contributed by atoms with Crippen molar-refractivity contribution in [2.75, 3.05) is 0 Å². The number of hydrogen-bond donors (Lipinski definition) is 1. The Hall–Kier alpha value is -1.99. The lowest BCUT2D eigenvalue weighted by atomic mass is 9.94. The summed E-state index contributed by atoms with van der Waals surface area (Å²) < 4.78 is 33.7. The number of nitrogens with zero attached hydrogens (tertiary/aromatic N) is 2. The van der Waals surface area contributed by atoms with E-state index in [2.05, 4.69) is 21.6 Å². The van der Waals surface area contributed by atoms with Crippen molar-refractivity contribution in [2.45, 2.75) is 62.5 Å². The maximum absolute atomic E-state index is 12.6. The predicted octanol–water partition coefficient (Wildman–Crippen LogP) is 3.10. The van der Waals surface area contributed by atoms with E-state index in [0.717, 1.165) is 44.1 Å². The first-order valence-electron chi connectivity index (χ1n) is 9.12. The topological polar surface area (TPSA) is 81.2 Å². The molecule has 1 aromatic carbocycles. The van der Waals surface area contributed by atoms with E-state index < -0.39 is 10.0 Å². The molecule has 0 radical (unpaired) electrons. The molecule has 1 aliphatic rings. The summed E-state index contributed by atoms with van der Waals surface area (Å²) in [5.41, 5.74) is 1.16. The molecule has 1 N–H and O–H groups in total. The summed E-state index contributed by atoms with van der Waals surface area (Å²) >= 11 is 0. The van der Waals surface area contributed by atoms with Crippen molar-refractivity contribution in [3.05, 3.63) is 48.3 Å². The fraction of sp³-hybridized carbons (Fsp3) is 0.474. The molecule has 0 atom stereocenters. The SMILES string of the molecule is CCCc1ccc(S(=O)(=O)NC2CCC(Oc3ncccn3)CC2)cc1. The monoisotopic (exact) mass is 375 g/mol. The molecule has 1 aromatic heterocycles. The number of ether oxygens (including phenoxy) is 1. The second-order valence-electron chi connectivity index (χ2n) is 6.64. The van der Waals surface area contributed by atoms with E-state index in [-0.39, 0.29) is 12.1 Å². The van der Waals surface area contributed by atoms with Gasteiger partial charge in [-0.1, -0.05) is 25.5 Å². The van der Waals surface area contributed by atoms with Gasteiger partial charge in [-0.15, -0.1) is 0 Å². The van der Waals surface area contributed by atoms with Gasteiger partial charge in [0, 0.05) is 18.4 Å². The molecule has 0 bridgehead atoms. The van der Waals surface area contributed by atoms with E-state index in [1.54, 1.807) is 30.6 Å². The number of aryl methyl sites for hydroxylation is 1. The van der Waals surface area contributed by atoms with Crippen molar-refractivity contribution < 1.29 is 13.2 Å². The lowest BCUT2D eigenvalue weighted by molar-refractivity contribution is 0.132. The minimum atomic E-state index is -3.48. The number of benzene rings is 1. The van der Waals surface area contributed by atoms with Gasteiger partial charge in [-0.05, 0) is 55.9 Å². The molecule has 0 unspecified atom stereocenters. The molecule has 1 heterocycles. The van der Waals surface area contributed by atoms with Crippen LogP contribution in [0.2, 0.25) is 0 Å². The smallest absolute Gasteiger partial charge is 0.316 e. The van der Waals surface area contributed by atoms with Gasteiger partial charge in [0.25, 0.3) is 0 Å². The fourth-order valence-electron chi connectivity index (χ4n) is 3.21. The number of nitrogens with one attached hydrogen (secondary N) is 1. The van der Waals surface area contributed by atoms with Crippen LogP contribution >= 0.6 is 0 Å². The van der Waals surface area contributed by atoms with E-state index in [4.69, 9.17) is 4.74 Å². The summed E-state index contributed by atoms with van der Waals surface area (Å²) in [4.78, 5) is 8.46. The van der Waals surface area contributed by atoms with Gasteiger partial charge in [-0.2, -0.15) is 0 Å². The molecule has 1 saturated carbocycles. The molecule has 26 heavy (non-hydrogen) atoms.